The van der Waals surface area contributed by atoms with Crippen molar-refractivity contribution in [1.82, 2.24) is 5.32 Å². The molecule has 0 aliphatic heterocycles. The quantitative estimate of drug-likeness (QED) is 0.655. The van der Waals surface area contributed by atoms with Gasteiger partial charge in [0.25, 0.3) is 5.91 Å². The Morgan fingerprint density at radius 1 is 1.17 bits per heavy atom. The van der Waals surface area contributed by atoms with Gasteiger partial charge in [0.15, 0.2) is 0 Å². The molecule has 0 heterocycles. The number of benzene rings is 2. The summed E-state index contributed by atoms with van der Waals surface area (Å²) in [6.45, 7) is 1.65. The van der Waals surface area contributed by atoms with Crippen molar-refractivity contribution >= 4 is 11.6 Å². The zero-order valence-electron chi connectivity index (χ0n) is 13.2. The molecule has 0 aromatic heterocycles. The highest BCUT2D eigenvalue weighted by molar-refractivity contribution is 6.04. The zero-order valence-corrected chi connectivity index (χ0v) is 13.2. The third kappa shape index (κ3) is 5.39. The van der Waals surface area contributed by atoms with E-state index < -0.39 is 0 Å². The summed E-state index contributed by atoms with van der Waals surface area (Å²) in [6.07, 6.45) is 0.730. The fraction of sp³-hybridized carbons (Fsp3) is 0.278. The number of rotatable bonds is 8. The SMILES string of the molecule is COc1ccc(C(=O)Nc2cccc(CNCCCO)c2)cc1. The van der Waals surface area contributed by atoms with Gasteiger partial charge in [0.1, 0.15) is 5.75 Å². The highest BCUT2D eigenvalue weighted by Gasteiger charge is 2.06. The predicted molar refractivity (Wildman–Crippen MR) is 90.8 cm³/mol. The first-order valence-electron chi connectivity index (χ1n) is 7.59. The van der Waals surface area contributed by atoms with E-state index in [2.05, 4.69) is 10.6 Å². The largest absolute Gasteiger partial charge is 0.497 e. The number of ether oxygens (including phenoxy) is 1. The Hall–Kier alpha value is -2.37. The van der Waals surface area contributed by atoms with Gasteiger partial charge in [-0.1, -0.05) is 12.1 Å². The minimum atomic E-state index is -0.155. The molecule has 0 spiro atoms. The van der Waals surface area contributed by atoms with Crippen molar-refractivity contribution in [3.05, 3.63) is 59.7 Å². The molecule has 122 valence electrons. The van der Waals surface area contributed by atoms with Crippen LogP contribution in [0.4, 0.5) is 5.69 Å². The third-order valence-electron chi connectivity index (χ3n) is 3.38. The normalized spacial score (nSPS) is 10.3. The molecule has 5 nitrogen and oxygen atoms in total. The summed E-state index contributed by atoms with van der Waals surface area (Å²) in [4.78, 5) is 12.2. The molecule has 0 unspecified atom stereocenters. The Morgan fingerprint density at radius 2 is 1.96 bits per heavy atom. The Labute approximate surface area is 136 Å². The molecule has 0 aliphatic carbocycles. The lowest BCUT2D eigenvalue weighted by Crippen LogP contribution is -2.16. The van der Waals surface area contributed by atoms with Gasteiger partial charge in [0.2, 0.25) is 0 Å². The van der Waals surface area contributed by atoms with Gasteiger partial charge in [-0.25, -0.2) is 0 Å². The van der Waals surface area contributed by atoms with Crippen LogP contribution in [-0.4, -0.2) is 31.3 Å². The number of carbonyl (C=O) groups is 1. The van der Waals surface area contributed by atoms with Gasteiger partial charge < -0.3 is 20.5 Å². The number of amides is 1. The van der Waals surface area contributed by atoms with Crippen molar-refractivity contribution in [3.63, 3.8) is 0 Å². The zero-order chi connectivity index (χ0) is 16.5. The molecule has 5 heteroatoms. The van der Waals surface area contributed by atoms with Crippen LogP contribution in [-0.2, 0) is 6.54 Å². The number of aliphatic hydroxyl groups is 1. The van der Waals surface area contributed by atoms with E-state index >= 15 is 0 Å². The molecular weight excluding hydrogens is 292 g/mol. The van der Waals surface area contributed by atoms with E-state index in [4.69, 9.17) is 9.84 Å². The molecule has 2 aromatic carbocycles. The molecule has 0 radical (unpaired) electrons. The van der Waals surface area contributed by atoms with E-state index in [-0.39, 0.29) is 12.5 Å². The molecule has 0 saturated carbocycles. The van der Waals surface area contributed by atoms with E-state index in [1.165, 1.54) is 0 Å². The first-order valence-corrected chi connectivity index (χ1v) is 7.59. The Bertz CT molecular complexity index is 626. The number of aliphatic hydroxyl groups excluding tert-OH is 1. The standard InChI is InChI=1S/C18H22N2O3/c1-23-17-8-6-15(7-9-17)18(22)20-16-5-2-4-14(12-16)13-19-10-3-11-21/h2,4-9,12,19,21H,3,10-11,13H2,1H3,(H,20,22). The Morgan fingerprint density at radius 3 is 2.65 bits per heavy atom. The summed E-state index contributed by atoms with van der Waals surface area (Å²) >= 11 is 0. The molecule has 0 bridgehead atoms. The molecule has 3 N–H and O–H groups in total. The maximum atomic E-state index is 12.2. The molecular formula is C18H22N2O3. The second kappa shape index (κ2) is 8.92. The van der Waals surface area contributed by atoms with Crippen LogP contribution < -0.4 is 15.4 Å². The van der Waals surface area contributed by atoms with E-state index in [1.54, 1.807) is 31.4 Å². The minimum Gasteiger partial charge on any atom is -0.497 e. The number of hydrogen-bond acceptors (Lipinski definition) is 4. The van der Waals surface area contributed by atoms with E-state index in [0.29, 0.717) is 12.1 Å². The number of methoxy groups -OCH3 is 1. The Kier molecular flexibility index (Phi) is 6.59. The lowest BCUT2D eigenvalue weighted by atomic mass is 10.1. The Balaban J connectivity index is 1.94. The van der Waals surface area contributed by atoms with Crippen molar-refractivity contribution < 1.29 is 14.6 Å². The molecule has 2 rings (SSSR count). The second-order valence-electron chi connectivity index (χ2n) is 5.14. The summed E-state index contributed by atoms with van der Waals surface area (Å²) in [5.41, 5.74) is 2.42. The van der Waals surface area contributed by atoms with Crippen molar-refractivity contribution in [2.45, 2.75) is 13.0 Å². The van der Waals surface area contributed by atoms with E-state index in [1.807, 2.05) is 24.3 Å². The smallest absolute Gasteiger partial charge is 0.255 e. The van der Waals surface area contributed by atoms with Crippen LogP contribution in [0.1, 0.15) is 22.3 Å². The van der Waals surface area contributed by atoms with Crippen LogP contribution in [0.3, 0.4) is 0 Å². The van der Waals surface area contributed by atoms with Gasteiger partial charge in [-0.3, -0.25) is 4.79 Å². The first kappa shape index (κ1) is 17.0. The number of hydrogen-bond donors (Lipinski definition) is 3. The molecule has 0 saturated heterocycles. The minimum absolute atomic E-state index is 0.155. The maximum Gasteiger partial charge on any atom is 0.255 e. The van der Waals surface area contributed by atoms with E-state index in [9.17, 15) is 4.79 Å². The van der Waals surface area contributed by atoms with Crippen molar-refractivity contribution in [1.29, 1.82) is 0 Å². The fourth-order valence-corrected chi connectivity index (χ4v) is 2.14. The molecule has 0 atom stereocenters. The van der Waals surface area contributed by atoms with Crippen LogP contribution in [0, 0.1) is 0 Å². The van der Waals surface area contributed by atoms with Crippen molar-refractivity contribution in [2.24, 2.45) is 0 Å². The van der Waals surface area contributed by atoms with Crippen molar-refractivity contribution in [3.8, 4) is 5.75 Å². The second-order valence-corrected chi connectivity index (χ2v) is 5.14. The van der Waals surface area contributed by atoms with Crippen LogP contribution in [0.5, 0.6) is 5.75 Å². The summed E-state index contributed by atoms with van der Waals surface area (Å²) < 4.78 is 5.08. The number of anilines is 1. The average molecular weight is 314 g/mol. The lowest BCUT2D eigenvalue weighted by Gasteiger charge is -2.09. The molecule has 23 heavy (non-hydrogen) atoms. The van der Waals surface area contributed by atoms with Crippen LogP contribution in [0.15, 0.2) is 48.5 Å². The third-order valence-corrected chi connectivity index (χ3v) is 3.38. The monoisotopic (exact) mass is 314 g/mol. The maximum absolute atomic E-state index is 12.2. The van der Waals surface area contributed by atoms with Crippen LogP contribution >= 0.6 is 0 Å². The highest BCUT2D eigenvalue weighted by Crippen LogP contribution is 2.15. The molecule has 0 fully saturated rings. The number of carbonyl (C=O) groups excluding carboxylic acids is 1. The first-order chi connectivity index (χ1) is 11.2. The average Bonchev–Trinajstić information content (AvgIpc) is 2.59. The summed E-state index contributed by atoms with van der Waals surface area (Å²) in [5.74, 6) is 0.565. The summed E-state index contributed by atoms with van der Waals surface area (Å²) in [5, 5.41) is 14.9. The van der Waals surface area contributed by atoms with Crippen molar-refractivity contribution in [2.75, 3.05) is 25.6 Å². The predicted octanol–water partition coefficient (Wildman–Crippen LogP) is 2.42. The molecule has 2 aromatic rings. The summed E-state index contributed by atoms with van der Waals surface area (Å²) in [7, 11) is 1.59. The van der Waals surface area contributed by atoms with Crippen LogP contribution in [0.2, 0.25) is 0 Å². The van der Waals surface area contributed by atoms with Gasteiger partial charge in [-0.15, -0.1) is 0 Å². The summed E-state index contributed by atoms with van der Waals surface area (Å²) in [6, 6.07) is 14.7. The topological polar surface area (TPSA) is 70.6 Å². The molecule has 0 aliphatic rings. The van der Waals surface area contributed by atoms with E-state index in [0.717, 1.165) is 30.0 Å². The van der Waals surface area contributed by atoms with Gasteiger partial charge in [0.05, 0.1) is 7.11 Å². The highest BCUT2D eigenvalue weighted by atomic mass is 16.5. The fourth-order valence-electron chi connectivity index (χ4n) is 2.14. The van der Waals surface area contributed by atoms with Gasteiger partial charge in [-0.05, 0) is 54.9 Å². The van der Waals surface area contributed by atoms with Crippen LogP contribution in [0.25, 0.3) is 0 Å². The lowest BCUT2D eigenvalue weighted by molar-refractivity contribution is 0.102. The number of nitrogens with one attached hydrogen (secondary N) is 2. The van der Waals surface area contributed by atoms with Gasteiger partial charge >= 0.3 is 0 Å². The molecule has 1 amide bonds. The van der Waals surface area contributed by atoms with Gasteiger partial charge in [0, 0.05) is 24.4 Å². The van der Waals surface area contributed by atoms with Gasteiger partial charge in [-0.2, -0.15) is 0 Å².